The van der Waals surface area contributed by atoms with Crippen LogP contribution in [-0.2, 0) is 18.4 Å². The maximum absolute atomic E-state index is 12.3. The van der Waals surface area contributed by atoms with Crippen molar-refractivity contribution in [3.05, 3.63) is 60.7 Å². The molecule has 2 aromatic rings. The van der Waals surface area contributed by atoms with Crippen LogP contribution >= 0.6 is 0 Å². The number of methoxy groups -OCH3 is 1. The van der Waals surface area contributed by atoms with Crippen LogP contribution in [0.25, 0.3) is 0 Å². The Morgan fingerprint density at radius 3 is 1.80 bits per heavy atom. The van der Waals surface area contributed by atoms with Crippen molar-refractivity contribution in [2.24, 2.45) is 11.8 Å². The van der Waals surface area contributed by atoms with Crippen molar-refractivity contribution in [2.75, 3.05) is 13.7 Å². The van der Waals surface area contributed by atoms with Crippen molar-refractivity contribution < 1.29 is 18.4 Å². The van der Waals surface area contributed by atoms with E-state index in [1.807, 2.05) is 0 Å². The number of hydrogen-bond acceptors (Lipinski definition) is 4. The average Bonchev–Trinajstić information content (AvgIpc) is 3.40. The van der Waals surface area contributed by atoms with Crippen LogP contribution in [-0.4, -0.2) is 42.4 Å². The molecule has 0 aliphatic heterocycles. The van der Waals surface area contributed by atoms with Crippen molar-refractivity contribution in [1.82, 2.24) is 0 Å². The monoisotopic (exact) mass is 638 g/mol. The third-order valence-electron chi connectivity index (χ3n) is 10.6. The van der Waals surface area contributed by atoms with Gasteiger partial charge in [-0.15, -0.1) is 0 Å². The van der Waals surface area contributed by atoms with Crippen LogP contribution in [0.4, 0.5) is 0 Å². The number of hydrogen-bond donors (Lipinski definition) is 0. The predicted molar refractivity (Wildman–Crippen MR) is 191 cm³/mol. The Kier molecular flexibility index (Phi) is 14.9. The van der Waals surface area contributed by atoms with E-state index in [0.29, 0.717) is 18.3 Å². The summed E-state index contributed by atoms with van der Waals surface area (Å²) in [4.78, 5) is 12.3. The fraction of sp³-hybridized carbons (Fsp3) is 0.658. The van der Waals surface area contributed by atoms with E-state index in [0.717, 1.165) is 37.6 Å². The molecule has 1 saturated carbocycles. The first-order valence-electron chi connectivity index (χ1n) is 17.7. The van der Waals surface area contributed by atoms with Crippen LogP contribution in [0.2, 0.25) is 23.2 Å². The molecule has 246 valence electrons. The van der Waals surface area contributed by atoms with Gasteiger partial charge in [-0.2, -0.15) is 0 Å². The fourth-order valence-corrected chi connectivity index (χ4v) is 15.3. The Morgan fingerprint density at radius 1 is 0.773 bits per heavy atom. The van der Waals surface area contributed by atoms with Crippen molar-refractivity contribution in [2.45, 2.75) is 135 Å². The first-order valence-corrected chi connectivity index (χ1v) is 22.1. The van der Waals surface area contributed by atoms with E-state index < -0.39 is 16.6 Å². The average molecular weight is 639 g/mol. The molecule has 0 N–H and O–H groups in total. The number of carbonyl (C=O) groups is 1. The van der Waals surface area contributed by atoms with Gasteiger partial charge < -0.3 is 13.6 Å². The molecule has 4 nitrogen and oxygen atoms in total. The van der Waals surface area contributed by atoms with Crippen molar-refractivity contribution >= 4 is 33.0 Å². The molecular formula is C38H62O4Si2. The Bertz CT molecular complexity index is 1030. The van der Waals surface area contributed by atoms with Gasteiger partial charge in [0.05, 0.1) is 13.5 Å². The van der Waals surface area contributed by atoms with Gasteiger partial charge in [-0.1, -0.05) is 141 Å². The number of benzene rings is 2. The van der Waals surface area contributed by atoms with Gasteiger partial charge in [-0.25, -0.2) is 0 Å². The number of carbonyl (C=O) groups excluding carboxylic acids is 1. The molecule has 3 atom stereocenters. The summed E-state index contributed by atoms with van der Waals surface area (Å²) < 4.78 is 19.1. The lowest BCUT2D eigenvalue weighted by Gasteiger charge is -2.43. The molecule has 3 rings (SSSR count). The molecule has 0 unspecified atom stereocenters. The molecule has 1 aliphatic carbocycles. The highest BCUT2D eigenvalue weighted by atomic mass is 28.4. The lowest BCUT2D eigenvalue weighted by molar-refractivity contribution is -0.142. The van der Waals surface area contributed by atoms with Crippen LogP contribution in [0, 0.1) is 11.8 Å². The van der Waals surface area contributed by atoms with Crippen molar-refractivity contribution in [3.63, 3.8) is 0 Å². The second-order valence-electron chi connectivity index (χ2n) is 14.1. The van der Waals surface area contributed by atoms with Crippen LogP contribution in [0.15, 0.2) is 60.7 Å². The van der Waals surface area contributed by atoms with Gasteiger partial charge in [-0.3, -0.25) is 4.79 Å². The maximum Gasteiger partial charge on any atom is 0.305 e. The lowest BCUT2D eigenvalue weighted by atomic mass is 9.87. The number of rotatable bonds is 19. The third-order valence-corrected chi connectivity index (χ3v) is 20.3. The van der Waals surface area contributed by atoms with E-state index in [-0.39, 0.29) is 17.1 Å². The van der Waals surface area contributed by atoms with Gasteiger partial charge in [0.15, 0.2) is 8.32 Å². The minimum absolute atomic E-state index is 0.0268. The molecule has 1 fully saturated rings. The van der Waals surface area contributed by atoms with E-state index in [1.54, 1.807) is 0 Å². The zero-order valence-electron chi connectivity index (χ0n) is 29.0. The van der Waals surface area contributed by atoms with Gasteiger partial charge >= 0.3 is 5.97 Å². The molecule has 1 aliphatic rings. The first-order chi connectivity index (χ1) is 21.2. The van der Waals surface area contributed by atoms with Gasteiger partial charge in [-0.05, 0) is 64.6 Å². The SMILES string of the molecule is CC[Si](CC)(CC)O[C@@H]1CC[C@H](CCCCCCCCO[Si](c2ccccc2)(c2ccccc2)C(C)(C)C)[C@@H]1CC(=O)OC. The van der Waals surface area contributed by atoms with E-state index in [4.69, 9.17) is 13.6 Å². The molecular weight excluding hydrogens is 577 g/mol. The Labute approximate surface area is 271 Å². The Hall–Kier alpha value is -1.74. The van der Waals surface area contributed by atoms with E-state index in [1.165, 1.54) is 62.4 Å². The minimum Gasteiger partial charge on any atom is -0.469 e. The summed E-state index contributed by atoms with van der Waals surface area (Å²) >= 11 is 0. The molecule has 0 radical (unpaired) electrons. The fourth-order valence-electron chi connectivity index (χ4n) is 7.71. The normalized spacial score (nSPS) is 19.3. The Balaban J connectivity index is 1.47. The summed E-state index contributed by atoms with van der Waals surface area (Å²) in [6.07, 6.45) is 11.6. The molecule has 0 spiro atoms. The summed E-state index contributed by atoms with van der Waals surface area (Å²) in [5, 5.41) is 2.74. The van der Waals surface area contributed by atoms with Crippen molar-refractivity contribution in [1.29, 1.82) is 0 Å². The van der Waals surface area contributed by atoms with Gasteiger partial charge in [0.25, 0.3) is 8.32 Å². The summed E-state index contributed by atoms with van der Waals surface area (Å²) in [5.74, 6) is 0.821. The van der Waals surface area contributed by atoms with Gasteiger partial charge in [0.1, 0.15) is 0 Å². The second kappa shape index (κ2) is 17.8. The molecule has 0 saturated heterocycles. The minimum atomic E-state index is -2.44. The topological polar surface area (TPSA) is 44.8 Å². The lowest BCUT2D eigenvalue weighted by Crippen LogP contribution is -2.66. The van der Waals surface area contributed by atoms with E-state index in [2.05, 4.69) is 102 Å². The summed E-state index contributed by atoms with van der Waals surface area (Å²) in [6, 6.07) is 25.4. The number of ether oxygens (including phenoxy) is 1. The van der Waals surface area contributed by atoms with Crippen LogP contribution in [0.3, 0.4) is 0 Å². The van der Waals surface area contributed by atoms with E-state index in [9.17, 15) is 4.79 Å². The largest absolute Gasteiger partial charge is 0.469 e. The maximum atomic E-state index is 12.3. The predicted octanol–water partition coefficient (Wildman–Crippen LogP) is 9.27. The van der Waals surface area contributed by atoms with Crippen molar-refractivity contribution in [3.8, 4) is 0 Å². The first kappa shape index (κ1) is 36.7. The summed E-state index contributed by atoms with van der Waals surface area (Å²) in [6.45, 7) is 14.7. The number of unbranched alkanes of at least 4 members (excludes halogenated alkanes) is 5. The number of esters is 1. The zero-order valence-corrected chi connectivity index (χ0v) is 31.0. The molecule has 0 amide bonds. The second-order valence-corrected chi connectivity index (χ2v) is 23.1. The van der Waals surface area contributed by atoms with Gasteiger partial charge in [0, 0.05) is 12.7 Å². The molecule has 0 heterocycles. The molecule has 44 heavy (non-hydrogen) atoms. The Morgan fingerprint density at radius 2 is 1.30 bits per heavy atom. The van der Waals surface area contributed by atoms with Crippen LogP contribution < -0.4 is 10.4 Å². The molecule has 6 heteroatoms. The zero-order chi connectivity index (χ0) is 32.1. The van der Waals surface area contributed by atoms with Crippen LogP contribution in [0.1, 0.15) is 106 Å². The smallest absolute Gasteiger partial charge is 0.305 e. The third kappa shape index (κ3) is 9.40. The summed E-state index contributed by atoms with van der Waals surface area (Å²) in [5.41, 5.74) is 0. The van der Waals surface area contributed by atoms with Crippen LogP contribution in [0.5, 0.6) is 0 Å². The molecule has 0 aromatic heterocycles. The highest BCUT2D eigenvalue weighted by Gasteiger charge is 2.50. The molecule has 0 bridgehead atoms. The highest BCUT2D eigenvalue weighted by Crippen LogP contribution is 2.42. The molecule has 2 aromatic carbocycles. The summed E-state index contributed by atoms with van der Waals surface area (Å²) in [7, 11) is -2.61. The standard InChI is InChI=1S/C38H62O4Si2/c1-8-43(9-2,10-3)42-36-29-28-32(35(36)31-37(39)40-7)23-17-13-11-12-14-22-30-41-44(38(4,5)6,33-24-18-15-19-25-33)34-26-20-16-21-27-34/h15-16,18-21,24-27,32,35-36H,8-14,17,22-23,28-31H2,1-7H3/t32-,35-,36+/m0/s1. The quantitative estimate of drug-likeness (QED) is 0.0874. The van der Waals surface area contributed by atoms with Gasteiger partial charge in [0.2, 0.25) is 0 Å². The van der Waals surface area contributed by atoms with E-state index >= 15 is 0 Å². The highest BCUT2D eigenvalue weighted by molar-refractivity contribution is 6.99.